The summed E-state index contributed by atoms with van der Waals surface area (Å²) in [6.07, 6.45) is 0. The average Bonchev–Trinajstić information content (AvgIpc) is 3.03. The van der Waals surface area contributed by atoms with E-state index in [9.17, 15) is 9.90 Å². The SMILES string of the molecule is NC(=O)c1cc(-c2csc(COc3ccccc3)n2)ccc1O. The van der Waals surface area contributed by atoms with Crippen molar-refractivity contribution in [1.29, 1.82) is 0 Å². The number of aromatic nitrogens is 1. The third kappa shape index (κ3) is 3.49. The van der Waals surface area contributed by atoms with Gasteiger partial charge in [0.05, 0.1) is 11.3 Å². The molecule has 0 atom stereocenters. The van der Waals surface area contributed by atoms with Crippen molar-refractivity contribution < 1.29 is 14.6 Å². The van der Waals surface area contributed by atoms with Gasteiger partial charge in [0.25, 0.3) is 5.91 Å². The molecule has 3 N–H and O–H groups in total. The zero-order valence-corrected chi connectivity index (χ0v) is 12.9. The Bertz CT molecular complexity index is 831. The molecule has 0 aliphatic heterocycles. The maximum absolute atomic E-state index is 11.3. The van der Waals surface area contributed by atoms with Crippen molar-refractivity contribution in [3.05, 3.63) is 64.5 Å². The minimum Gasteiger partial charge on any atom is -0.507 e. The van der Waals surface area contributed by atoms with Gasteiger partial charge in [-0.1, -0.05) is 18.2 Å². The van der Waals surface area contributed by atoms with Crippen LogP contribution in [0.3, 0.4) is 0 Å². The van der Waals surface area contributed by atoms with Crippen LogP contribution in [0.2, 0.25) is 0 Å². The summed E-state index contributed by atoms with van der Waals surface area (Å²) in [4.78, 5) is 15.8. The first-order chi connectivity index (χ1) is 11.1. The lowest BCUT2D eigenvalue weighted by molar-refractivity contribution is 0.0998. The van der Waals surface area contributed by atoms with Gasteiger partial charge in [-0.3, -0.25) is 4.79 Å². The van der Waals surface area contributed by atoms with Gasteiger partial charge in [0.15, 0.2) is 0 Å². The van der Waals surface area contributed by atoms with Gasteiger partial charge in [-0.25, -0.2) is 4.98 Å². The molecule has 1 heterocycles. The Morgan fingerprint density at radius 1 is 1.22 bits per heavy atom. The molecule has 2 aromatic carbocycles. The summed E-state index contributed by atoms with van der Waals surface area (Å²) in [6, 6.07) is 14.2. The van der Waals surface area contributed by atoms with Crippen LogP contribution in [0.25, 0.3) is 11.3 Å². The van der Waals surface area contributed by atoms with E-state index in [4.69, 9.17) is 10.5 Å². The summed E-state index contributed by atoms with van der Waals surface area (Å²) in [6.45, 7) is 0.370. The highest BCUT2D eigenvalue weighted by Crippen LogP contribution is 2.27. The fraction of sp³-hybridized carbons (Fsp3) is 0.0588. The molecule has 0 bridgehead atoms. The third-order valence-electron chi connectivity index (χ3n) is 3.22. The number of ether oxygens (including phenoxy) is 1. The van der Waals surface area contributed by atoms with Gasteiger partial charge in [0.1, 0.15) is 23.1 Å². The number of rotatable bonds is 5. The van der Waals surface area contributed by atoms with Crippen LogP contribution in [0.5, 0.6) is 11.5 Å². The predicted molar refractivity (Wildman–Crippen MR) is 88.5 cm³/mol. The Morgan fingerprint density at radius 2 is 2.00 bits per heavy atom. The van der Waals surface area contributed by atoms with Crippen molar-refractivity contribution in [2.75, 3.05) is 0 Å². The Balaban J connectivity index is 1.77. The largest absolute Gasteiger partial charge is 0.507 e. The number of carbonyl (C=O) groups is 1. The number of benzene rings is 2. The fourth-order valence-corrected chi connectivity index (χ4v) is 2.78. The molecule has 3 aromatic rings. The van der Waals surface area contributed by atoms with Crippen molar-refractivity contribution in [2.45, 2.75) is 6.61 Å². The number of thiazole rings is 1. The van der Waals surface area contributed by atoms with E-state index in [1.165, 1.54) is 23.5 Å². The van der Waals surface area contributed by atoms with Gasteiger partial charge < -0.3 is 15.6 Å². The standard InChI is InChI=1S/C17H14N2O3S/c18-17(21)13-8-11(6-7-15(13)20)14-10-23-16(19-14)9-22-12-4-2-1-3-5-12/h1-8,10,20H,9H2,(H2,18,21). The highest BCUT2D eigenvalue weighted by molar-refractivity contribution is 7.09. The topological polar surface area (TPSA) is 85.4 Å². The number of amides is 1. The molecule has 1 aromatic heterocycles. The smallest absolute Gasteiger partial charge is 0.252 e. The fourth-order valence-electron chi connectivity index (χ4n) is 2.06. The van der Waals surface area contributed by atoms with Crippen molar-refractivity contribution in [3.63, 3.8) is 0 Å². The molecule has 0 spiro atoms. The summed E-state index contributed by atoms with van der Waals surface area (Å²) in [5.74, 6) is -0.0266. The molecule has 0 aliphatic carbocycles. The monoisotopic (exact) mass is 326 g/mol. The summed E-state index contributed by atoms with van der Waals surface area (Å²) < 4.78 is 5.66. The summed E-state index contributed by atoms with van der Waals surface area (Å²) >= 11 is 1.47. The molecular formula is C17H14N2O3S. The van der Waals surface area contributed by atoms with E-state index in [-0.39, 0.29) is 11.3 Å². The van der Waals surface area contributed by atoms with Crippen molar-refractivity contribution in [1.82, 2.24) is 4.98 Å². The molecule has 0 saturated carbocycles. The van der Waals surface area contributed by atoms with E-state index in [1.54, 1.807) is 6.07 Å². The lowest BCUT2D eigenvalue weighted by Gasteiger charge is -2.04. The van der Waals surface area contributed by atoms with Crippen LogP contribution < -0.4 is 10.5 Å². The Kier molecular flexibility index (Phi) is 4.25. The number of nitrogens with two attached hydrogens (primary N) is 1. The number of primary amides is 1. The van der Waals surface area contributed by atoms with E-state index in [0.29, 0.717) is 12.3 Å². The Morgan fingerprint density at radius 3 is 2.74 bits per heavy atom. The van der Waals surface area contributed by atoms with Gasteiger partial charge in [-0.05, 0) is 30.3 Å². The van der Waals surface area contributed by atoms with E-state index in [0.717, 1.165) is 16.3 Å². The number of phenols is 1. The van der Waals surface area contributed by atoms with E-state index in [1.807, 2.05) is 35.7 Å². The molecule has 0 radical (unpaired) electrons. The highest BCUT2D eigenvalue weighted by Gasteiger charge is 2.11. The molecule has 0 aliphatic rings. The quantitative estimate of drug-likeness (QED) is 0.754. The lowest BCUT2D eigenvalue weighted by atomic mass is 10.1. The van der Waals surface area contributed by atoms with E-state index < -0.39 is 5.91 Å². The maximum atomic E-state index is 11.3. The zero-order chi connectivity index (χ0) is 16.2. The maximum Gasteiger partial charge on any atom is 0.252 e. The van der Waals surface area contributed by atoms with Crippen LogP contribution in [0, 0.1) is 0 Å². The first-order valence-electron chi connectivity index (χ1n) is 6.89. The molecule has 23 heavy (non-hydrogen) atoms. The van der Waals surface area contributed by atoms with Gasteiger partial charge in [0.2, 0.25) is 0 Å². The normalized spacial score (nSPS) is 10.4. The first-order valence-corrected chi connectivity index (χ1v) is 7.77. The molecule has 3 rings (SSSR count). The second-order valence-electron chi connectivity index (χ2n) is 4.82. The van der Waals surface area contributed by atoms with E-state index >= 15 is 0 Å². The van der Waals surface area contributed by atoms with Crippen molar-refractivity contribution >= 4 is 17.2 Å². The average molecular weight is 326 g/mol. The highest BCUT2D eigenvalue weighted by atomic mass is 32.1. The number of aromatic hydroxyl groups is 1. The summed E-state index contributed by atoms with van der Waals surface area (Å²) in [5.41, 5.74) is 6.76. The van der Waals surface area contributed by atoms with Crippen LogP contribution >= 0.6 is 11.3 Å². The second kappa shape index (κ2) is 6.50. The lowest BCUT2D eigenvalue weighted by Crippen LogP contribution is -2.11. The molecule has 0 saturated heterocycles. The van der Waals surface area contributed by atoms with Crippen LogP contribution in [0.1, 0.15) is 15.4 Å². The minimum atomic E-state index is -0.674. The van der Waals surface area contributed by atoms with Gasteiger partial charge in [-0.15, -0.1) is 11.3 Å². The van der Waals surface area contributed by atoms with Gasteiger partial charge >= 0.3 is 0 Å². The van der Waals surface area contributed by atoms with Crippen LogP contribution in [0.4, 0.5) is 0 Å². The summed E-state index contributed by atoms with van der Waals surface area (Å²) in [5, 5.41) is 12.3. The number of hydrogen-bond acceptors (Lipinski definition) is 5. The summed E-state index contributed by atoms with van der Waals surface area (Å²) in [7, 11) is 0. The molecule has 0 unspecified atom stereocenters. The van der Waals surface area contributed by atoms with Crippen LogP contribution in [0.15, 0.2) is 53.9 Å². The van der Waals surface area contributed by atoms with Crippen LogP contribution in [-0.2, 0) is 6.61 Å². The number of hydrogen-bond donors (Lipinski definition) is 2. The number of para-hydroxylation sites is 1. The van der Waals surface area contributed by atoms with E-state index in [2.05, 4.69) is 4.98 Å². The van der Waals surface area contributed by atoms with Gasteiger partial charge in [0, 0.05) is 10.9 Å². The first kappa shape index (κ1) is 15.1. The Hall–Kier alpha value is -2.86. The van der Waals surface area contributed by atoms with Crippen molar-refractivity contribution in [3.8, 4) is 22.8 Å². The molecule has 116 valence electrons. The van der Waals surface area contributed by atoms with Gasteiger partial charge in [-0.2, -0.15) is 0 Å². The third-order valence-corrected chi connectivity index (χ3v) is 4.04. The second-order valence-corrected chi connectivity index (χ2v) is 5.77. The molecule has 5 nitrogen and oxygen atoms in total. The molecule has 0 fully saturated rings. The zero-order valence-electron chi connectivity index (χ0n) is 12.1. The minimum absolute atomic E-state index is 0.0811. The molecular weight excluding hydrogens is 312 g/mol. The Labute approximate surface area is 137 Å². The molecule has 1 amide bonds. The number of nitrogens with zero attached hydrogens (tertiary/aromatic N) is 1. The number of carbonyl (C=O) groups excluding carboxylic acids is 1. The molecule has 6 heteroatoms. The predicted octanol–water partition coefficient (Wildman–Crippen LogP) is 3.19. The van der Waals surface area contributed by atoms with Crippen LogP contribution in [-0.4, -0.2) is 16.0 Å². The van der Waals surface area contributed by atoms with Crippen molar-refractivity contribution in [2.24, 2.45) is 5.73 Å².